The van der Waals surface area contributed by atoms with Crippen molar-refractivity contribution in [3.05, 3.63) is 0 Å². The van der Waals surface area contributed by atoms with Crippen LogP contribution in [0.1, 0.15) is 35.4 Å². The van der Waals surface area contributed by atoms with Gasteiger partial charge in [0, 0.05) is 27.4 Å². The van der Waals surface area contributed by atoms with Gasteiger partial charge in [-0.2, -0.15) is 0 Å². The maximum atomic E-state index is 11.9. The molecule has 0 radical (unpaired) electrons. The van der Waals surface area contributed by atoms with Crippen molar-refractivity contribution in [2.24, 2.45) is 0 Å². The fraction of sp³-hybridized carbons (Fsp3) is 0.909. The molecule has 1 amide bonds. The molecule has 88 valence electrons. The van der Waals surface area contributed by atoms with Crippen LogP contribution >= 0.6 is 0 Å². The van der Waals surface area contributed by atoms with Crippen LogP contribution in [0.15, 0.2) is 0 Å². The zero-order valence-corrected chi connectivity index (χ0v) is 9.41. The van der Waals surface area contributed by atoms with E-state index in [1.165, 1.54) is 4.90 Å². The summed E-state index contributed by atoms with van der Waals surface area (Å²) in [5.41, 5.74) is -0.648. The van der Waals surface area contributed by atoms with Gasteiger partial charge >= 0.3 is 6.09 Å². The first kappa shape index (κ1) is 6.09. The zero-order chi connectivity index (χ0) is 16.6. The molecule has 0 N–H and O–H groups in total. The highest BCUT2D eigenvalue weighted by atomic mass is 16.6. The number of hydrogen-bond acceptors (Lipinski definition) is 3. The molecule has 1 atom stereocenters. The molecule has 1 aliphatic heterocycles. The first-order valence-corrected chi connectivity index (χ1v) is 4.99. The molecule has 0 aromatic carbocycles. The maximum Gasteiger partial charge on any atom is 0.410 e. The number of likely N-dealkylation sites (N-methyl/N-ethyl adjacent to an activating group) is 1. The Hall–Kier alpha value is -0.770. The number of hydrogen-bond donors (Lipinski definition) is 0. The smallest absolute Gasteiger partial charge is 0.410 e. The fourth-order valence-electron chi connectivity index (χ4n) is 1.40. The van der Waals surface area contributed by atoms with E-state index in [1.807, 2.05) is 0 Å². The lowest BCUT2D eigenvalue weighted by atomic mass is 10.0. The SMILES string of the molecule is [2H]C([2H])([2H])N(C[C@@H]1CCN1C(=O)OC(C)(C)C)C([2H])([2H])[2H]. The van der Waals surface area contributed by atoms with Gasteiger partial charge in [-0.15, -0.1) is 0 Å². The van der Waals surface area contributed by atoms with E-state index in [9.17, 15) is 4.79 Å². The predicted octanol–water partition coefficient (Wildman–Crippen LogP) is 1.56. The van der Waals surface area contributed by atoms with Crippen LogP contribution in [0, 0.1) is 0 Å². The summed E-state index contributed by atoms with van der Waals surface area (Å²) in [6.07, 6.45) is 0.0109. The second-order valence-corrected chi connectivity index (χ2v) is 4.73. The molecule has 0 spiro atoms. The Kier molecular flexibility index (Phi) is 1.78. The van der Waals surface area contributed by atoms with Crippen LogP contribution < -0.4 is 0 Å². The molecule has 1 heterocycles. The van der Waals surface area contributed by atoms with Gasteiger partial charge in [0.05, 0.1) is 0 Å². The molecule has 0 aromatic heterocycles. The third-order valence-electron chi connectivity index (χ3n) is 2.17. The number of amides is 1. The monoisotopic (exact) mass is 220 g/mol. The molecule has 0 bridgehead atoms. The molecule has 4 heteroatoms. The second-order valence-electron chi connectivity index (χ2n) is 4.73. The minimum Gasteiger partial charge on any atom is -0.444 e. The quantitative estimate of drug-likeness (QED) is 0.708. The summed E-state index contributed by atoms with van der Waals surface area (Å²) < 4.78 is 49.1. The van der Waals surface area contributed by atoms with Crippen LogP contribution in [0.2, 0.25) is 0 Å². The van der Waals surface area contributed by atoms with Crippen molar-refractivity contribution in [3.63, 3.8) is 0 Å². The first-order valence-electron chi connectivity index (χ1n) is 7.99. The standard InChI is InChI=1S/C11H22N2O2/c1-11(2,3)15-10(14)13-7-6-9(13)8-12(4)5/h9H,6-8H2,1-5H3/t9-/m0/s1/i4D3,5D3. The summed E-state index contributed by atoms with van der Waals surface area (Å²) in [4.78, 5) is 13.8. The number of nitrogens with zero attached hydrogens (tertiary/aromatic N) is 2. The molecule has 1 saturated heterocycles. The Bertz CT molecular complexity index is 374. The minimum absolute atomic E-state index is 0.230. The van der Waals surface area contributed by atoms with Crippen molar-refractivity contribution in [2.75, 3.05) is 27.0 Å². The van der Waals surface area contributed by atoms with Crippen LogP contribution in [0.3, 0.4) is 0 Å². The van der Waals surface area contributed by atoms with Crippen molar-refractivity contribution < 1.29 is 17.8 Å². The molecule has 1 fully saturated rings. The van der Waals surface area contributed by atoms with E-state index in [1.54, 1.807) is 20.8 Å². The second kappa shape index (κ2) is 4.39. The molecular formula is C11H22N2O2. The fourth-order valence-corrected chi connectivity index (χ4v) is 1.40. The van der Waals surface area contributed by atoms with Gasteiger partial charge in [-0.3, -0.25) is 0 Å². The van der Waals surface area contributed by atoms with E-state index >= 15 is 0 Å². The lowest BCUT2D eigenvalue weighted by molar-refractivity contribution is -0.00930. The van der Waals surface area contributed by atoms with Crippen molar-refractivity contribution in [3.8, 4) is 0 Å². The number of likely N-dealkylation sites (tertiary alicyclic amines) is 1. The van der Waals surface area contributed by atoms with Gasteiger partial charge < -0.3 is 14.5 Å². The third-order valence-corrected chi connectivity index (χ3v) is 2.17. The summed E-state index contributed by atoms with van der Waals surface area (Å²) in [5.74, 6) is 0. The summed E-state index contributed by atoms with van der Waals surface area (Å²) >= 11 is 0. The van der Waals surface area contributed by atoms with Gasteiger partial charge in [-0.1, -0.05) is 0 Å². The van der Waals surface area contributed by atoms with Gasteiger partial charge in [0.2, 0.25) is 0 Å². The molecule has 0 saturated carbocycles. The zero-order valence-electron chi connectivity index (χ0n) is 15.4. The van der Waals surface area contributed by atoms with Crippen molar-refractivity contribution in [2.45, 2.75) is 38.8 Å². The van der Waals surface area contributed by atoms with Crippen molar-refractivity contribution in [1.82, 2.24) is 9.80 Å². The first-order chi connectivity index (χ1) is 9.22. The van der Waals surface area contributed by atoms with E-state index in [-0.39, 0.29) is 6.54 Å². The largest absolute Gasteiger partial charge is 0.444 e. The molecule has 0 unspecified atom stereocenters. The van der Waals surface area contributed by atoms with Crippen molar-refractivity contribution >= 4 is 6.09 Å². The van der Waals surface area contributed by atoms with Gasteiger partial charge in [0.25, 0.3) is 0 Å². The molecule has 0 aromatic rings. The lowest BCUT2D eigenvalue weighted by Crippen LogP contribution is -2.56. The van der Waals surface area contributed by atoms with Crippen LogP contribution in [0.25, 0.3) is 0 Å². The summed E-state index contributed by atoms with van der Waals surface area (Å²) in [6.45, 7) is -0.0624. The molecular weight excluding hydrogens is 192 g/mol. The summed E-state index contributed by atoms with van der Waals surface area (Å²) in [5, 5.41) is 0. The summed E-state index contributed by atoms with van der Waals surface area (Å²) in [6, 6.07) is -0.458. The predicted molar refractivity (Wildman–Crippen MR) is 59.9 cm³/mol. The molecule has 0 aliphatic carbocycles. The highest BCUT2D eigenvalue weighted by Gasteiger charge is 2.35. The number of carbonyl (C=O) groups is 1. The normalized spacial score (nSPS) is 29.1. The Morgan fingerprint density at radius 2 is 2.27 bits per heavy atom. The molecule has 1 rings (SSSR count). The Labute approximate surface area is 101 Å². The Balaban J connectivity index is 2.72. The Morgan fingerprint density at radius 3 is 2.67 bits per heavy atom. The highest BCUT2D eigenvalue weighted by molar-refractivity contribution is 5.69. The van der Waals surface area contributed by atoms with E-state index in [0.717, 1.165) is 0 Å². The van der Waals surface area contributed by atoms with Gasteiger partial charge in [-0.25, -0.2) is 4.79 Å². The molecule has 1 aliphatic rings. The van der Waals surface area contributed by atoms with E-state index in [2.05, 4.69) is 0 Å². The average Bonchev–Trinajstić information content (AvgIpc) is 2.07. The van der Waals surface area contributed by atoms with Crippen LogP contribution in [0.5, 0.6) is 0 Å². The number of rotatable bonds is 2. The lowest BCUT2D eigenvalue weighted by Gasteiger charge is -2.42. The number of ether oxygens (including phenoxy) is 1. The molecule has 4 nitrogen and oxygen atoms in total. The van der Waals surface area contributed by atoms with E-state index in [0.29, 0.717) is 17.9 Å². The Morgan fingerprint density at radius 1 is 1.60 bits per heavy atom. The third kappa shape index (κ3) is 3.70. The van der Waals surface area contributed by atoms with E-state index < -0.39 is 31.7 Å². The van der Waals surface area contributed by atoms with Gasteiger partial charge in [0.15, 0.2) is 0 Å². The number of carbonyl (C=O) groups excluding carboxylic acids is 1. The maximum absolute atomic E-state index is 11.9. The highest BCUT2D eigenvalue weighted by Crippen LogP contribution is 2.21. The van der Waals surface area contributed by atoms with Gasteiger partial charge in [0.1, 0.15) is 5.60 Å². The summed E-state index contributed by atoms with van der Waals surface area (Å²) in [7, 11) is 0. The van der Waals surface area contributed by atoms with Gasteiger partial charge in [-0.05, 0) is 41.1 Å². The molecule has 15 heavy (non-hydrogen) atoms. The van der Waals surface area contributed by atoms with Crippen LogP contribution in [-0.4, -0.2) is 54.6 Å². The average molecular weight is 220 g/mol. The van der Waals surface area contributed by atoms with Crippen LogP contribution in [0.4, 0.5) is 4.79 Å². The van der Waals surface area contributed by atoms with E-state index in [4.69, 9.17) is 13.0 Å². The minimum atomic E-state index is -2.74. The topological polar surface area (TPSA) is 32.8 Å². The van der Waals surface area contributed by atoms with Crippen molar-refractivity contribution in [1.29, 1.82) is 0 Å². The van der Waals surface area contributed by atoms with Crippen LogP contribution in [-0.2, 0) is 4.74 Å².